The first-order chi connectivity index (χ1) is 8.15. The molecule has 0 fully saturated rings. The van der Waals surface area contributed by atoms with E-state index in [1.54, 1.807) is 18.2 Å². The average Bonchev–Trinajstić information content (AvgIpc) is 2.66. The van der Waals surface area contributed by atoms with Crippen molar-refractivity contribution in [3.8, 4) is 0 Å². The van der Waals surface area contributed by atoms with E-state index < -0.39 is 0 Å². The molecule has 2 rings (SSSR count). The Hall–Kier alpha value is -2.24. The van der Waals surface area contributed by atoms with Gasteiger partial charge in [-0.25, -0.2) is 0 Å². The third-order valence-electron chi connectivity index (χ3n) is 2.29. The molecule has 6 heteroatoms. The number of nitrogens with two attached hydrogens (primary N) is 2. The topological polar surface area (TPSA) is 107 Å². The minimum Gasteiger partial charge on any atom is -0.424 e. The van der Waals surface area contributed by atoms with Crippen molar-refractivity contribution in [2.45, 2.75) is 12.8 Å². The molecule has 0 saturated carbocycles. The Morgan fingerprint density at radius 1 is 1.47 bits per heavy atom. The minimum absolute atomic E-state index is 0.308. The van der Waals surface area contributed by atoms with Crippen molar-refractivity contribution < 1.29 is 9.21 Å². The Labute approximate surface area is 98.0 Å². The monoisotopic (exact) mass is 234 g/mol. The number of amides is 1. The van der Waals surface area contributed by atoms with Gasteiger partial charge in [-0.3, -0.25) is 4.79 Å². The first-order valence-corrected chi connectivity index (χ1v) is 5.33. The van der Waals surface area contributed by atoms with E-state index in [1.807, 2.05) is 0 Å². The van der Waals surface area contributed by atoms with Crippen LogP contribution in [0.3, 0.4) is 0 Å². The van der Waals surface area contributed by atoms with E-state index in [9.17, 15) is 4.79 Å². The number of carbonyl (C=O) groups is 1. The number of nitrogen functional groups attached to an aromatic ring is 1. The Kier molecular flexibility index (Phi) is 3.13. The smallest absolute Gasteiger partial charge is 0.295 e. The molecule has 0 bridgehead atoms. The van der Waals surface area contributed by atoms with Gasteiger partial charge in [-0.2, -0.15) is 4.98 Å². The predicted octanol–water partition coefficient (Wildman–Crippen LogP) is 1.09. The number of fused-ring (bicyclic) bond motifs is 1. The molecular formula is C11H14N4O2. The summed E-state index contributed by atoms with van der Waals surface area (Å²) in [5.74, 6) is -0.308. The zero-order valence-electron chi connectivity index (χ0n) is 9.27. The van der Waals surface area contributed by atoms with Crippen LogP contribution in [0.25, 0.3) is 11.1 Å². The van der Waals surface area contributed by atoms with Crippen molar-refractivity contribution in [2.24, 2.45) is 5.73 Å². The van der Waals surface area contributed by atoms with Crippen molar-refractivity contribution >= 4 is 28.7 Å². The number of primary amides is 1. The van der Waals surface area contributed by atoms with Gasteiger partial charge < -0.3 is 21.2 Å². The maximum atomic E-state index is 10.5. The summed E-state index contributed by atoms with van der Waals surface area (Å²) >= 11 is 0. The van der Waals surface area contributed by atoms with Crippen LogP contribution in [0.1, 0.15) is 12.8 Å². The number of oxazole rings is 1. The van der Waals surface area contributed by atoms with Gasteiger partial charge in [-0.1, -0.05) is 0 Å². The van der Waals surface area contributed by atoms with Crippen LogP contribution in [0.15, 0.2) is 22.6 Å². The molecule has 0 radical (unpaired) electrons. The molecule has 1 aromatic carbocycles. The van der Waals surface area contributed by atoms with E-state index in [0.29, 0.717) is 42.2 Å². The number of nitrogens with one attached hydrogen (secondary N) is 1. The molecule has 0 aliphatic carbocycles. The molecule has 1 aromatic heterocycles. The van der Waals surface area contributed by atoms with Gasteiger partial charge in [0.2, 0.25) is 5.91 Å². The van der Waals surface area contributed by atoms with Gasteiger partial charge >= 0.3 is 0 Å². The van der Waals surface area contributed by atoms with Gasteiger partial charge in [-0.15, -0.1) is 0 Å². The van der Waals surface area contributed by atoms with E-state index in [-0.39, 0.29) is 5.91 Å². The Morgan fingerprint density at radius 2 is 2.29 bits per heavy atom. The summed E-state index contributed by atoms with van der Waals surface area (Å²) in [5, 5.41) is 2.98. The summed E-state index contributed by atoms with van der Waals surface area (Å²) < 4.78 is 5.44. The SMILES string of the molecule is NC(=O)CCCNc1nc2cc(N)ccc2o1. The molecule has 6 nitrogen and oxygen atoms in total. The first kappa shape index (κ1) is 11.3. The lowest BCUT2D eigenvalue weighted by Crippen LogP contribution is -2.12. The standard InChI is InChI=1S/C11H14N4O2/c12-7-3-4-9-8(6-7)15-11(17-9)14-5-1-2-10(13)16/h3-4,6H,1-2,5,12H2,(H2,13,16)(H,14,15). The summed E-state index contributed by atoms with van der Waals surface area (Å²) in [5.41, 5.74) is 12.7. The summed E-state index contributed by atoms with van der Waals surface area (Å²) in [6.07, 6.45) is 0.996. The fourth-order valence-electron chi connectivity index (χ4n) is 1.48. The largest absolute Gasteiger partial charge is 0.424 e. The number of hydrogen-bond donors (Lipinski definition) is 3. The van der Waals surface area contributed by atoms with Crippen LogP contribution in [-0.2, 0) is 4.79 Å². The summed E-state index contributed by atoms with van der Waals surface area (Å²) in [4.78, 5) is 14.7. The van der Waals surface area contributed by atoms with Crippen molar-refractivity contribution in [3.63, 3.8) is 0 Å². The summed E-state index contributed by atoms with van der Waals surface area (Å²) in [6, 6.07) is 5.69. The van der Waals surface area contributed by atoms with Crippen LogP contribution in [0.2, 0.25) is 0 Å². The fraction of sp³-hybridized carbons (Fsp3) is 0.273. The van der Waals surface area contributed by atoms with Gasteiger partial charge in [0.25, 0.3) is 6.01 Å². The molecular weight excluding hydrogens is 220 g/mol. The maximum Gasteiger partial charge on any atom is 0.295 e. The lowest BCUT2D eigenvalue weighted by Gasteiger charge is -1.98. The van der Waals surface area contributed by atoms with Gasteiger partial charge in [0, 0.05) is 18.7 Å². The lowest BCUT2D eigenvalue weighted by atomic mass is 10.3. The molecule has 0 spiro atoms. The highest BCUT2D eigenvalue weighted by Crippen LogP contribution is 2.20. The van der Waals surface area contributed by atoms with Gasteiger partial charge in [0.1, 0.15) is 5.52 Å². The molecule has 5 N–H and O–H groups in total. The highest BCUT2D eigenvalue weighted by atomic mass is 16.4. The number of hydrogen-bond acceptors (Lipinski definition) is 5. The zero-order valence-corrected chi connectivity index (χ0v) is 9.27. The molecule has 0 unspecified atom stereocenters. The third-order valence-corrected chi connectivity index (χ3v) is 2.29. The predicted molar refractivity (Wildman–Crippen MR) is 65.3 cm³/mol. The van der Waals surface area contributed by atoms with Crippen molar-refractivity contribution in [2.75, 3.05) is 17.6 Å². The number of carbonyl (C=O) groups excluding carboxylic acids is 1. The van der Waals surface area contributed by atoms with Crippen molar-refractivity contribution in [3.05, 3.63) is 18.2 Å². The van der Waals surface area contributed by atoms with Crippen LogP contribution in [-0.4, -0.2) is 17.4 Å². The van der Waals surface area contributed by atoms with Crippen LogP contribution >= 0.6 is 0 Å². The molecule has 90 valence electrons. The summed E-state index contributed by atoms with van der Waals surface area (Å²) in [6.45, 7) is 0.589. The van der Waals surface area contributed by atoms with Gasteiger partial charge in [0.05, 0.1) is 0 Å². The molecule has 0 aliphatic rings. The number of benzene rings is 1. The minimum atomic E-state index is -0.308. The molecule has 0 saturated heterocycles. The Bertz CT molecular complexity index is 535. The van der Waals surface area contributed by atoms with Gasteiger partial charge in [-0.05, 0) is 24.6 Å². The Balaban J connectivity index is 1.97. The number of rotatable bonds is 5. The normalized spacial score (nSPS) is 10.6. The highest BCUT2D eigenvalue weighted by Gasteiger charge is 2.05. The molecule has 2 aromatic rings. The summed E-state index contributed by atoms with van der Waals surface area (Å²) in [7, 11) is 0. The number of anilines is 2. The van der Waals surface area contributed by atoms with Crippen molar-refractivity contribution in [1.29, 1.82) is 0 Å². The molecule has 1 amide bonds. The molecule has 1 heterocycles. The second-order valence-electron chi connectivity index (χ2n) is 3.74. The number of nitrogens with zero attached hydrogens (tertiary/aromatic N) is 1. The second kappa shape index (κ2) is 4.73. The molecule has 17 heavy (non-hydrogen) atoms. The maximum absolute atomic E-state index is 10.5. The molecule has 0 atom stereocenters. The van der Waals surface area contributed by atoms with Crippen LogP contribution in [0.5, 0.6) is 0 Å². The second-order valence-corrected chi connectivity index (χ2v) is 3.74. The van der Waals surface area contributed by atoms with Crippen LogP contribution < -0.4 is 16.8 Å². The van der Waals surface area contributed by atoms with E-state index >= 15 is 0 Å². The highest BCUT2D eigenvalue weighted by molar-refractivity contribution is 5.78. The van der Waals surface area contributed by atoms with Crippen LogP contribution in [0, 0.1) is 0 Å². The van der Waals surface area contributed by atoms with E-state index in [0.717, 1.165) is 0 Å². The van der Waals surface area contributed by atoms with E-state index in [1.165, 1.54) is 0 Å². The molecule has 0 aliphatic heterocycles. The first-order valence-electron chi connectivity index (χ1n) is 5.33. The Morgan fingerprint density at radius 3 is 3.06 bits per heavy atom. The van der Waals surface area contributed by atoms with Gasteiger partial charge in [0.15, 0.2) is 5.58 Å². The van der Waals surface area contributed by atoms with E-state index in [4.69, 9.17) is 15.9 Å². The third kappa shape index (κ3) is 2.87. The van der Waals surface area contributed by atoms with Crippen LogP contribution in [0.4, 0.5) is 11.7 Å². The quantitative estimate of drug-likeness (QED) is 0.530. The number of aromatic nitrogens is 1. The van der Waals surface area contributed by atoms with E-state index in [2.05, 4.69) is 10.3 Å². The lowest BCUT2D eigenvalue weighted by molar-refractivity contribution is -0.118. The average molecular weight is 234 g/mol. The zero-order chi connectivity index (χ0) is 12.3. The van der Waals surface area contributed by atoms with Crippen molar-refractivity contribution in [1.82, 2.24) is 4.98 Å². The fourth-order valence-corrected chi connectivity index (χ4v) is 1.48.